The number of fused-ring (bicyclic) bond motifs is 2. The average molecular weight is 302 g/mol. The van der Waals surface area contributed by atoms with E-state index in [1.807, 2.05) is 12.1 Å². The number of piperazine rings is 1. The third-order valence-electron chi connectivity index (χ3n) is 5.20. The van der Waals surface area contributed by atoms with E-state index in [0.29, 0.717) is 12.6 Å². The molecule has 1 unspecified atom stereocenters. The second-order valence-corrected chi connectivity index (χ2v) is 6.38. The van der Waals surface area contributed by atoms with Gasteiger partial charge in [-0.05, 0) is 30.5 Å². The van der Waals surface area contributed by atoms with Crippen molar-refractivity contribution in [2.45, 2.75) is 32.1 Å². The van der Waals surface area contributed by atoms with Crippen molar-refractivity contribution in [1.29, 1.82) is 0 Å². The minimum Gasteiger partial charge on any atom is -0.457 e. The first-order valence-corrected chi connectivity index (χ1v) is 8.10. The van der Waals surface area contributed by atoms with Crippen LogP contribution in [0, 0.1) is 6.92 Å². The fourth-order valence-electron chi connectivity index (χ4n) is 3.84. The highest BCUT2D eigenvalue weighted by molar-refractivity contribution is 5.93. The number of benzene rings is 1. The van der Waals surface area contributed by atoms with Gasteiger partial charge in [0.15, 0.2) is 0 Å². The van der Waals surface area contributed by atoms with Crippen LogP contribution >= 0.6 is 0 Å². The number of carbonyl (C=O) groups is 1. The smallest absolute Gasteiger partial charge is 0.338 e. The largest absolute Gasteiger partial charge is 0.457 e. The van der Waals surface area contributed by atoms with E-state index in [1.54, 1.807) is 0 Å². The lowest BCUT2D eigenvalue weighted by molar-refractivity contribution is 0.0509. The molecule has 0 saturated carbocycles. The van der Waals surface area contributed by atoms with Crippen molar-refractivity contribution in [3.8, 4) is 0 Å². The van der Waals surface area contributed by atoms with E-state index in [4.69, 9.17) is 9.47 Å². The van der Waals surface area contributed by atoms with Gasteiger partial charge >= 0.3 is 5.97 Å². The Morgan fingerprint density at radius 1 is 1.36 bits per heavy atom. The Morgan fingerprint density at radius 2 is 2.27 bits per heavy atom. The molecule has 1 aromatic rings. The van der Waals surface area contributed by atoms with Gasteiger partial charge in [-0.15, -0.1) is 0 Å². The van der Waals surface area contributed by atoms with Gasteiger partial charge in [-0.1, -0.05) is 6.07 Å². The Bertz CT molecular complexity index is 602. The summed E-state index contributed by atoms with van der Waals surface area (Å²) in [6.07, 6.45) is 1.17. The van der Waals surface area contributed by atoms with Gasteiger partial charge in [0.1, 0.15) is 6.61 Å². The third-order valence-corrected chi connectivity index (χ3v) is 5.20. The summed E-state index contributed by atoms with van der Waals surface area (Å²) >= 11 is 0. The van der Waals surface area contributed by atoms with Crippen LogP contribution in [0.1, 0.15) is 39.6 Å². The van der Waals surface area contributed by atoms with E-state index >= 15 is 0 Å². The zero-order valence-electron chi connectivity index (χ0n) is 12.9. The molecule has 1 N–H and O–H groups in total. The lowest BCUT2D eigenvalue weighted by atomic mass is 9.95. The quantitative estimate of drug-likeness (QED) is 0.795. The third kappa shape index (κ3) is 2.33. The summed E-state index contributed by atoms with van der Waals surface area (Å²) in [5, 5.41) is 3.47. The maximum absolute atomic E-state index is 11.7. The summed E-state index contributed by atoms with van der Waals surface area (Å²) in [7, 11) is 0. The first kappa shape index (κ1) is 14.2. The zero-order chi connectivity index (χ0) is 15.1. The second-order valence-electron chi connectivity index (χ2n) is 6.38. The Hall–Kier alpha value is -1.43. The van der Waals surface area contributed by atoms with Gasteiger partial charge in [-0.2, -0.15) is 0 Å². The van der Waals surface area contributed by atoms with Crippen molar-refractivity contribution < 1.29 is 14.3 Å². The maximum Gasteiger partial charge on any atom is 0.338 e. The molecule has 4 rings (SSSR count). The molecule has 2 fully saturated rings. The van der Waals surface area contributed by atoms with Crippen LogP contribution in [0.25, 0.3) is 0 Å². The number of hydrogen-bond donors (Lipinski definition) is 1. The summed E-state index contributed by atoms with van der Waals surface area (Å²) in [5.74, 6) is -0.200. The molecule has 0 aromatic heterocycles. The summed E-state index contributed by atoms with van der Waals surface area (Å²) in [5.41, 5.74) is 4.11. The number of nitrogens with zero attached hydrogens (tertiary/aromatic N) is 1. The molecule has 22 heavy (non-hydrogen) atoms. The van der Waals surface area contributed by atoms with Crippen molar-refractivity contribution in [2.24, 2.45) is 0 Å². The molecule has 0 amide bonds. The number of ether oxygens (including phenoxy) is 2. The molecule has 5 heteroatoms. The highest BCUT2D eigenvalue weighted by atomic mass is 16.5. The molecule has 0 spiro atoms. The highest BCUT2D eigenvalue weighted by Gasteiger charge is 2.31. The maximum atomic E-state index is 11.7. The summed E-state index contributed by atoms with van der Waals surface area (Å²) in [6.45, 7) is 7.39. The van der Waals surface area contributed by atoms with Crippen LogP contribution in [-0.4, -0.2) is 49.7 Å². The van der Waals surface area contributed by atoms with Crippen LogP contribution in [-0.2, 0) is 16.1 Å². The minimum atomic E-state index is -0.200. The van der Waals surface area contributed by atoms with Gasteiger partial charge in [0, 0.05) is 44.4 Å². The molecule has 1 aromatic carbocycles. The van der Waals surface area contributed by atoms with Crippen LogP contribution in [0.3, 0.4) is 0 Å². The van der Waals surface area contributed by atoms with E-state index in [0.717, 1.165) is 55.9 Å². The molecule has 3 aliphatic rings. The first-order chi connectivity index (χ1) is 10.7. The molecular weight excluding hydrogens is 280 g/mol. The van der Waals surface area contributed by atoms with E-state index in [-0.39, 0.29) is 12.1 Å². The van der Waals surface area contributed by atoms with Crippen LogP contribution in [0.4, 0.5) is 0 Å². The lowest BCUT2D eigenvalue weighted by Gasteiger charge is -2.35. The normalized spacial score (nSPS) is 28.7. The Labute approximate surface area is 130 Å². The van der Waals surface area contributed by atoms with Crippen molar-refractivity contribution in [3.63, 3.8) is 0 Å². The van der Waals surface area contributed by atoms with E-state index in [1.165, 1.54) is 5.56 Å². The number of carbonyl (C=O) groups excluding carboxylic acids is 1. The monoisotopic (exact) mass is 302 g/mol. The summed E-state index contributed by atoms with van der Waals surface area (Å²) in [6, 6.07) is 4.53. The first-order valence-electron chi connectivity index (χ1n) is 8.10. The topological polar surface area (TPSA) is 50.8 Å². The molecule has 5 nitrogen and oxygen atoms in total. The van der Waals surface area contributed by atoms with Gasteiger partial charge in [-0.25, -0.2) is 4.79 Å². The Morgan fingerprint density at radius 3 is 3.18 bits per heavy atom. The Balaban J connectivity index is 1.63. The van der Waals surface area contributed by atoms with Gasteiger partial charge in [-0.3, -0.25) is 4.90 Å². The van der Waals surface area contributed by atoms with Crippen molar-refractivity contribution in [1.82, 2.24) is 10.2 Å². The molecule has 0 aliphatic carbocycles. The summed E-state index contributed by atoms with van der Waals surface area (Å²) in [4.78, 5) is 14.2. The minimum absolute atomic E-state index is 0.0871. The van der Waals surface area contributed by atoms with Crippen LogP contribution in [0.5, 0.6) is 0 Å². The van der Waals surface area contributed by atoms with Crippen LogP contribution < -0.4 is 5.32 Å². The predicted octanol–water partition coefficient (Wildman–Crippen LogP) is 1.40. The highest BCUT2D eigenvalue weighted by Crippen LogP contribution is 2.32. The molecule has 2 saturated heterocycles. The van der Waals surface area contributed by atoms with E-state index < -0.39 is 0 Å². The van der Waals surface area contributed by atoms with Crippen LogP contribution in [0.15, 0.2) is 12.1 Å². The number of rotatable bonds is 1. The van der Waals surface area contributed by atoms with Crippen molar-refractivity contribution in [2.75, 3.05) is 32.8 Å². The molecule has 118 valence electrons. The van der Waals surface area contributed by atoms with E-state index in [2.05, 4.69) is 17.1 Å². The van der Waals surface area contributed by atoms with E-state index in [9.17, 15) is 4.79 Å². The zero-order valence-corrected chi connectivity index (χ0v) is 12.9. The van der Waals surface area contributed by atoms with Crippen molar-refractivity contribution >= 4 is 5.97 Å². The van der Waals surface area contributed by atoms with Gasteiger partial charge in [0.25, 0.3) is 0 Å². The number of nitrogens with one attached hydrogen (secondary N) is 1. The predicted molar refractivity (Wildman–Crippen MR) is 81.8 cm³/mol. The lowest BCUT2D eigenvalue weighted by Crippen LogP contribution is -2.51. The fraction of sp³-hybridized carbons (Fsp3) is 0.588. The standard InChI is InChI=1S/C17H22N2O3/c1-11-13(2-3-14-15(11)10-22-17(14)20)16-9-19-6-5-18-8-12(19)4-7-21-16/h2-3,12,16,18H,4-10H2,1H3/t12-,16?/m1/s1. The molecule has 2 atom stereocenters. The van der Waals surface area contributed by atoms with Crippen LogP contribution in [0.2, 0.25) is 0 Å². The molecule has 0 radical (unpaired) electrons. The average Bonchev–Trinajstić information content (AvgIpc) is 2.79. The molecule has 0 bridgehead atoms. The van der Waals surface area contributed by atoms with Gasteiger partial charge in [0.05, 0.1) is 11.7 Å². The molecule has 3 aliphatic heterocycles. The molecule has 3 heterocycles. The SMILES string of the molecule is Cc1c(C2CN3CCNC[C@H]3CCO2)ccc2c1COC2=O. The van der Waals surface area contributed by atoms with Gasteiger partial charge in [0.2, 0.25) is 0 Å². The Kier molecular flexibility index (Phi) is 3.64. The fourth-order valence-corrected chi connectivity index (χ4v) is 3.84. The summed E-state index contributed by atoms with van der Waals surface area (Å²) < 4.78 is 11.3. The van der Waals surface area contributed by atoms with Crippen molar-refractivity contribution in [3.05, 3.63) is 34.4 Å². The van der Waals surface area contributed by atoms with Gasteiger partial charge < -0.3 is 14.8 Å². The number of cyclic esters (lactones) is 1. The number of hydrogen-bond acceptors (Lipinski definition) is 5. The number of esters is 1. The second kappa shape index (κ2) is 5.65. The molecular formula is C17H22N2O3.